The third-order valence-corrected chi connectivity index (χ3v) is 5.24. The molecule has 0 spiro atoms. The van der Waals surface area contributed by atoms with Crippen molar-refractivity contribution in [1.29, 1.82) is 0 Å². The van der Waals surface area contributed by atoms with E-state index in [9.17, 15) is 9.18 Å². The highest BCUT2D eigenvalue weighted by molar-refractivity contribution is 6.31. The van der Waals surface area contributed by atoms with Gasteiger partial charge in [0.25, 0.3) is 5.91 Å². The quantitative estimate of drug-likeness (QED) is 0.818. The third kappa shape index (κ3) is 4.52. The number of carbonyl (C=O) groups excluding carboxylic acids is 1. The highest BCUT2D eigenvalue weighted by atomic mass is 35.5. The molecule has 1 aliphatic rings. The summed E-state index contributed by atoms with van der Waals surface area (Å²) in [7, 11) is 0. The maximum atomic E-state index is 13.2. The molecule has 1 heterocycles. The fourth-order valence-electron chi connectivity index (χ4n) is 3.21. The van der Waals surface area contributed by atoms with E-state index in [1.54, 1.807) is 0 Å². The van der Waals surface area contributed by atoms with Gasteiger partial charge in [-0.3, -0.25) is 4.79 Å². The van der Waals surface area contributed by atoms with Crippen molar-refractivity contribution in [2.45, 2.75) is 51.6 Å². The average molecular weight is 376 g/mol. The van der Waals surface area contributed by atoms with Crippen molar-refractivity contribution in [2.24, 2.45) is 0 Å². The second-order valence-corrected chi connectivity index (χ2v) is 7.30. The molecule has 2 N–H and O–H groups in total. The van der Waals surface area contributed by atoms with Crippen LogP contribution in [0.4, 0.5) is 10.2 Å². The summed E-state index contributed by atoms with van der Waals surface area (Å²) in [5, 5.41) is 6.47. The molecule has 1 amide bonds. The normalized spacial score (nSPS) is 19.8. The van der Waals surface area contributed by atoms with Crippen molar-refractivity contribution in [3.8, 4) is 0 Å². The minimum Gasteiger partial charge on any atom is -0.367 e. The minimum absolute atomic E-state index is 0.0357. The van der Waals surface area contributed by atoms with E-state index in [0.29, 0.717) is 11.6 Å². The first kappa shape index (κ1) is 18.6. The lowest BCUT2D eigenvalue weighted by Crippen LogP contribution is -2.40. The van der Waals surface area contributed by atoms with E-state index in [0.717, 1.165) is 37.2 Å². The first-order chi connectivity index (χ1) is 12.4. The molecule has 1 saturated carbocycles. The fourth-order valence-corrected chi connectivity index (χ4v) is 3.39. The lowest BCUT2D eigenvalue weighted by molar-refractivity contribution is 0.0926. The van der Waals surface area contributed by atoms with Gasteiger partial charge in [0.15, 0.2) is 0 Å². The van der Waals surface area contributed by atoms with Crippen molar-refractivity contribution in [2.75, 3.05) is 5.32 Å². The van der Waals surface area contributed by atoms with E-state index in [-0.39, 0.29) is 17.0 Å². The lowest BCUT2D eigenvalue weighted by Gasteiger charge is -2.30. The summed E-state index contributed by atoms with van der Waals surface area (Å²) < 4.78 is 13.2. The number of aromatic nitrogens is 1. The molecule has 3 rings (SSSR count). The number of rotatable bonds is 4. The van der Waals surface area contributed by atoms with Crippen LogP contribution in [0.25, 0.3) is 0 Å². The van der Waals surface area contributed by atoms with Gasteiger partial charge >= 0.3 is 0 Å². The number of pyridine rings is 1. The summed E-state index contributed by atoms with van der Waals surface area (Å²) in [5.74, 6) is 0.176. The zero-order valence-corrected chi connectivity index (χ0v) is 15.7. The topological polar surface area (TPSA) is 54.0 Å². The SMILES string of the molecule is Cc1ccc(NC2CCC(NC(=O)c3ccc(F)c(Cl)c3)CC2)nc1C. The molecule has 26 heavy (non-hydrogen) atoms. The molecule has 2 aromatic rings. The number of benzene rings is 1. The Hall–Kier alpha value is -2.14. The average Bonchev–Trinajstić information content (AvgIpc) is 2.62. The van der Waals surface area contributed by atoms with Gasteiger partial charge in [-0.1, -0.05) is 17.7 Å². The van der Waals surface area contributed by atoms with E-state index in [1.165, 1.54) is 23.8 Å². The molecule has 138 valence electrons. The molecule has 4 nitrogen and oxygen atoms in total. The Bertz CT molecular complexity index is 804. The van der Waals surface area contributed by atoms with Crippen molar-refractivity contribution >= 4 is 23.3 Å². The number of hydrogen-bond acceptors (Lipinski definition) is 3. The number of hydrogen-bond donors (Lipinski definition) is 2. The Morgan fingerprint density at radius 2 is 1.81 bits per heavy atom. The molecule has 0 bridgehead atoms. The summed E-state index contributed by atoms with van der Waals surface area (Å²) in [6.45, 7) is 4.06. The zero-order chi connectivity index (χ0) is 18.7. The smallest absolute Gasteiger partial charge is 0.251 e. The predicted octanol–water partition coefficient (Wildman–Crippen LogP) is 4.64. The molecule has 1 fully saturated rings. The van der Waals surface area contributed by atoms with E-state index in [2.05, 4.69) is 21.7 Å². The first-order valence-electron chi connectivity index (χ1n) is 8.89. The number of halogens is 2. The van der Waals surface area contributed by atoms with Gasteiger partial charge in [0, 0.05) is 23.3 Å². The minimum atomic E-state index is -0.519. The lowest BCUT2D eigenvalue weighted by atomic mass is 9.91. The molecule has 1 aromatic heterocycles. The molecule has 0 aliphatic heterocycles. The van der Waals surface area contributed by atoms with Gasteiger partial charge < -0.3 is 10.6 Å². The van der Waals surface area contributed by atoms with Gasteiger partial charge in [-0.05, 0) is 69.4 Å². The summed E-state index contributed by atoms with van der Waals surface area (Å²) in [4.78, 5) is 16.9. The molecule has 6 heteroatoms. The monoisotopic (exact) mass is 375 g/mol. The second-order valence-electron chi connectivity index (χ2n) is 6.89. The van der Waals surface area contributed by atoms with Gasteiger partial charge in [-0.15, -0.1) is 0 Å². The molecule has 0 atom stereocenters. The van der Waals surface area contributed by atoms with Crippen LogP contribution in [0.1, 0.15) is 47.3 Å². The second kappa shape index (κ2) is 8.04. The van der Waals surface area contributed by atoms with Crippen LogP contribution in [0.5, 0.6) is 0 Å². The summed E-state index contributed by atoms with van der Waals surface area (Å²) in [6.07, 6.45) is 3.71. The highest BCUT2D eigenvalue weighted by Crippen LogP contribution is 2.23. The summed E-state index contributed by atoms with van der Waals surface area (Å²) in [6, 6.07) is 8.60. The Balaban J connectivity index is 1.51. The number of amides is 1. The molecular formula is C20H23ClFN3O. The van der Waals surface area contributed by atoms with Crippen molar-refractivity contribution < 1.29 is 9.18 Å². The number of aryl methyl sites for hydroxylation is 2. The van der Waals surface area contributed by atoms with Crippen LogP contribution >= 0.6 is 11.6 Å². The molecule has 1 aliphatic carbocycles. The van der Waals surface area contributed by atoms with Crippen LogP contribution in [-0.4, -0.2) is 23.0 Å². The highest BCUT2D eigenvalue weighted by Gasteiger charge is 2.23. The molecule has 0 radical (unpaired) electrons. The fraction of sp³-hybridized carbons (Fsp3) is 0.400. The van der Waals surface area contributed by atoms with Gasteiger partial charge in [0.1, 0.15) is 11.6 Å². The summed E-state index contributed by atoms with van der Waals surface area (Å²) in [5.41, 5.74) is 2.60. The van der Waals surface area contributed by atoms with Crippen LogP contribution in [0.3, 0.4) is 0 Å². The van der Waals surface area contributed by atoms with E-state index >= 15 is 0 Å². The first-order valence-corrected chi connectivity index (χ1v) is 9.27. The van der Waals surface area contributed by atoms with Gasteiger partial charge in [0.2, 0.25) is 0 Å². The van der Waals surface area contributed by atoms with Gasteiger partial charge in [0.05, 0.1) is 5.02 Å². The largest absolute Gasteiger partial charge is 0.367 e. The van der Waals surface area contributed by atoms with Crippen LogP contribution in [0.2, 0.25) is 5.02 Å². The zero-order valence-electron chi connectivity index (χ0n) is 15.0. The van der Waals surface area contributed by atoms with Crippen LogP contribution in [-0.2, 0) is 0 Å². The van der Waals surface area contributed by atoms with Gasteiger partial charge in [-0.25, -0.2) is 9.37 Å². The summed E-state index contributed by atoms with van der Waals surface area (Å²) >= 11 is 5.75. The number of anilines is 1. The Labute approximate surface area is 158 Å². The van der Waals surface area contributed by atoms with E-state index in [4.69, 9.17) is 11.6 Å². The van der Waals surface area contributed by atoms with Crippen LogP contribution in [0, 0.1) is 19.7 Å². The Kier molecular flexibility index (Phi) is 5.77. The van der Waals surface area contributed by atoms with Crippen molar-refractivity contribution in [1.82, 2.24) is 10.3 Å². The van der Waals surface area contributed by atoms with E-state index < -0.39 is 5.82 Å². The molecule has 0 unspecified atom stereocenters. The third-order valence-electron chi connectivity index (χ3n) is 4.95. The standard InChI is InChI=1S/C20H23ClFN3O/c1-12-3-10-19(23-13(12)2)24-15-5-7-16(8-6-15)25-20(26)14-4-9-18(22)17(21)11-14/h3-4,9-11,15-16H,5-8H2,1-2H3,(H,23,24)(H,25,26). The number of nitrogens with zero attached hydrogens (tertiary/aromatic N) is 1. The molecule has 0 saturated heterocycles. The van der Waals surface area contributed by atoms with E-state index in [1.807, 2.05) is 19.9 Å². The maximum absolute atomic E-state index is 13.2. The van der Waals surface area contributed by atoms with Gasteiger partial charge in [-0.2, -0.15) is 0 Å². The van der Waals surface area contributed by atoms with Crippen LogP contribution < -0.4 is 10.6 Å². The Morgan fingerprint density at radius 1 is 1.12 bits per heavy atom. The molecule has 1 aromatic carbocycles. The molecular weight excluding hydrogens is 353 g/mol. The maximum Gasteiger partial charge on any atom is 0.251 e. The number of carbonyl (C=O) groups is 1. The van der Waals surface area contributed by atoms with Crippen molar-refractivity contribution in [3.05, 3.63) is 58.0 Å². The number of nitrogens with one attached hydrogen (secondary N) is 2. The van der Waals surface area contributed by atoms with Crippen molar-refractivity contribution in [3.63, 3.8) is 0 Å². The van der Waals surface area contributed by atoms with Crippen LogP contribution in [0.15, 0.2) is 30.3 Å². The Morgan fingerprint density at radius 3 is 2.46 bits per heavy atom. The predicted molar refractivity (Wildman–Crippen MR) is 102 cm³/mol.